The fraction of sp³-hybridized carbons (Fsp3) is 0.700. The first kappa shape index (κ1) is 29.0. The number of rotatable bonds is 10. The number of phosphoric acid groups is 1. The van der Waals surface area contributed by atoms with E-state index in [1.807, 2.05) is 0 Å². The maximum Gasteiger partial charge on any atom is 0.472 e. The minimum atomic E-state index is -4.71. The number of nitrogens with two attached hydrogens (primary N) is 1. The quantitative estimate of drug-likeness (QED) is 0.286. The summed E-state index contributed by atoms with van der Waals surface area (Å²) in [6.45, 7) is 3.72. The smallest absolute Gasteiger partial charge is 0.391 e. The molecule has 1 amide bonds. The van der Waals surface area contributed by atoms with E-state index in [9.17, 15) is 28.8 Å². The van der Waals surface area contributed by atoms with Crippen LogP contribution in [0.5, 0.6) is 0 Å². The van der Waals surface area contributed by atoms with Crippen molar-refractivity contribution >= 4 is 38.3 Å². The van der Waals surface area contributed by atoms with Gasteiger partial charge in [0.05, 0.1) is 37.3 Å². The van der Waals surface area contributed by atoms with Crippen molar-refractivity contribution in [2.75, 3.05) is 25.5 Å². The lowest BCUT2D eigenvalue weighted by atomic mass is 10.2. The molecule has 4 rings (SSSR count). The van der Waals surface area contributed by atoms with Gasteiger partial charge in [-0.25, -0.2) is 19.5 Å². The minimum Gasteiger partial charge on any atom is -0.391 e. The van der Waals surface area contributed by atoms with E-state index < -0.39 is 58.3 Å². The Morgan fingerprint density at radius 3 is 2.63 bits per heavy atom. The molecule has 0 bridgehead atoms. The van der Waals surface area contributed by atoms with Crippen LogP contribution in [0, 0.1) is 0 Å². The molecule has 2 aromatic heterocycles. The zero-order chi connectivity index (χ0) is 27.8. The van der Waals surface area contributed by atoms with Crippen LogP contribution < -0.4 is 5.73 Å². The molecule has 2 saturated heterocycles. The lowest BCUT2D eigenvalue weighted by molar-refractivity contribution is -0.130. The summed E-state index contributed by atoms with van der Waals surface area (Å²) in [5, 5.41) is 9.88. The number of phosphoric ester groups is 1. The lowest BCUT2D eigenvalue weighted by Crippen LogP contribution is -2.37. The first-order valence-corrected chi connectivity index (χ1v) is 15.1. The van der Waals surface area contributed by atoms with Crippen molar-refractivity contribution in [3.63, 3.8) is 0 Å². The van der Waals surface area contributed by atoms with E-state index in [0.717, 1.165) is 0 Å². The van der Waals surface area contributed by atoms with Gasteiger partial charge in [0.15, 0.2) is 11.5 Å². The molecule has 2 unspecified atom stereocenters. The number of hydrogen-bond donors (Lipinski definition) is 4. The summed E-state index contributed by atoms with van der Waals surface area (Å²) in [6, 6.07) is -0.605. The molecule has 0 radical (unpaired) electrons. The molecule has 18 heteroatoms. The van der Waals surface area contributed by atoms with Crippen LogP contribution in [0.25, 0.3) is 11.2 Å². The Labute approximate surface area is 218 Å². The largest absolute Gasteiger partial charge is 0.472 e. The zero-order valence-corrected chi connectivity index (χ0v) is 22.9. The Morgan fingerprint density at radius 2 is 1.95 bits per heavy atom. The number of imidazole rings is 1. The summed E-state index contributed by atoms with van der Waals surface area (Å²) >= 11 is 0. The number of aromatic nitrogens is 4. The van der Waals surface area contributed by atoms with Crippen LogP contribution in [0.3, 0.4) is 0 Å². The van der Waals surface area contributed by atoms with Gasteiger partial charge in [-0.15, -0.1) is 0 Å². The summed E-state index contributed by atoms with van der Waals surface area (Å²) in [4.78, 5) is 46.0. The SMILES string of the molecule is CC(=O)N1C[C@@H](O)C[C@@H]1COP(=O)(O)O[C@H]1C[C@H](n2cnc3c(N)ncnc32)O[C@@H]1COP(=O)(O)C(C)C. The molecule has 2 aliphatic rings. The molecule has 0 aromatic carbocycles. The molecule has 7 atom stereocenters. The summed E-state index contributed by atoms with van der Waals surface area (Å²) in [6.07, 6.45) is -0.842. The maximum atomic E-state index is 12.9. The molecule has 0 saturated carbocycles. The third-order valence-electron chi connectivity index (χ3n) is 6.45. The van der Waals surface area contributed by atoms with Crippen LogP contribution in [0.1, 0.15) is 39.8 Å². The zero-order valence-electron chi connectivity index (χ0n) is 21.1. The number of nitrogen functional groups attached to an aromatic ring is 1. The average molecular weight is 578 g/mol. The first-order chi connectivity index (χ1) is 17.8. The van der Waals surface area contributed by atoms with Crippen molar-refractivity contribution in [3.8, 4) is 0 Å². The van der Waals surface area contributed by atoms with Gasteiger partial charge >= 0.3 is 15.4 Å². The standard InChI is InChI=1S/C20H32N6O10P2/c1-11(2)37(29,30)33-8-16-15(5-17(35-16)26-10-24-18-19(21)22-9-23-20(18)26)36-38(31,32)34-7-13-4-14(28)6-25(13)12(3)27/h9-11,13-17,28H,4-8H2,1-3H3,(H,29,30)(H,31,32)(H2,21,22,23)/t13-,14+,15+,16-,17-/m1/s1. The van der Waals surface area contributed by atoms with Crippen LogP contribution in [-0.4, -0.2) is 95.0 Å². The fourth-order valence-corrected chi connectivity index (χ4v) is 6.00. The summed E-state index contributed by atoms with van der Waals surface area (Å²) in [5.41, 5.74) is 5.85. The van der Waals surface area contributed by atoms with Crippen molar-refractivity contribution in [2.24, 2.45) is 0 Å². The van der Waals surface area contributed by atoms with Crippen molar-refractivity contribution < 1.29 is 47.1 Å². The van der Waals surface area contributed by atoms with E-state index >= 15 is 0 Å². The third kappa shape index (κ3) is 6.41. The first-order valence-electron chi connectivity index (χ1n) is 11.9. The number of ether oxygens (including phenoxy) is 1. The summed E-state index contributed by atoms with van der Waals surface area (Å²) in [5.74, 6) is -0.147. The number of hydrogen-bond acceptors (Lipinski definition) is 12. The highest BCUT2D eigenvalue weighted by Crippen LogP contribution is 2.51. The van der Waals surface area contributed by atoms with Crippen molar-refractivity contribution in [3.05, 3.63) is 12.7 Å². The molecule has 5 N–H and O–H groups in total. The maximum absolute atomic E-state index is 12.9. The van der Waals surface area contributed by atoms with Gasteiger partial charge < -0.3 is 34.8 Å². The van der Waals surface area contributed by atoms with Crippen LogP contribution in [0.15, 0.2) is 12.7 Å². The molecule has 2 aliphatic heterocycles. The second-order valence-corrected chi connectivity index (χ2v) is 13.3. The number of carbonyl (C=O) groups excluding carboxylic acids is 1. The number of aliphatic hydroxyl groups is 1. The van der Waals surface area contributed by atoms with E-state index in [0.29, 0.717) is 11.2 Å². The Bertz CT molecular complexity index is 1260. The van der Waals surface area contributed by atoms with Crippen molar-refractivity contribution in [1.29, 1.82) is 0 Å². The molecule has 2 aromatic rings. The average Bonchev–Trinajstić information content (AvgIpc) is 3.53. The van der Waals surface area contributed by atoms with Gasteiger partial charge in [0.25, 0.3) is 0 Å². The topological polar surface area (TPSA) is 222 Å². The molecule has 4 heterocycles. The predicted molar refractivity (Wildman–Crippen MR) is 132 cm³/mol. The second-order valence-electron chi connectivity index (χ2n) is 9.52. The number of amides is 1. The number of likely N-dealkylation sites (tertiary alicyclic amines) is 1. The Balaban J connectivity index is 1.49. The van der Waals surface area contributed by atoms with Crippen molar-refractivity contribution in [1.82, 2.24) is 24.4 Å². The third-order valence-corrected chi connectivity index (χ3v) is 9.29. The van der Waals surface area contributed by atoms with Gasteiger partial charge in [0, 0.05) is 19.9 Å². The Morgan fingerprint density at radius 1 is 1.21 bits per heavy atom. The molecule has 16 nitrogen and oxygen atoms in total. The van der Waals surface area contributed by atoms with E-state index in [1.54, 1.807) is 4.57 Å². The monoisotopic (exact) mass is 578 g/mol. The highest BCUT2D eigenvalue weighted by Gasteiger charge is 2.44. The van der Waals surface area contributed by atoms with Gasteiger partial charge in [0.2, 0.25) is 5.91 Å². The highest BCUT2D eigenvalue weighted by atomic mass is 31.2. The number of aliphatic hydroxyl groups excluding tert-OH is 1. The number of β-amino-alcohol motifs (C(OH)–C–C–N with tert-alkyl or cyclic N) is 1. The van der Waals surface area contributed by atoms with E-state index in [-0.39, 0.29) is 37.7 Å². The summed E-state index contributed by atoms with van der Waals surface area (Å²) in [7, 11) is -8.69. The molecular formula is C20H32N6O10P2. The van der Waals surface area contributed by atoms with Gasteiger partial charge in [-0.3, -0.25) is 23.0 Å². The number of anilines is 1. The van der Waals surface area contributed by atoms with Crippen molar-refractivity contribution in [2.45, 2.75) is 69.9 Å². The Kier molecular flexibility index (Phi) is 8.58. The van der Waals surface area contributed by atoms with Crippen LogP contribution in [0.2, 0.25) is 0 Å². The molecule has 2 fully saturated rings. The van der Waals surface area contributed by atoms with Gasteiger partial charge in [0.1, 0.15) is 30.3 Å². The van der Waals surface area contributed by atoms with Gasteiger partial charge in [-0.1, -0.05) is 13.8 Å². The number of fused-ring (bicyclic) bond motifs is 1. The second kappa shape index (κ2) is 11.2. The predicted octanol–water partition coefficient (Wildman–Crippen LogP) is 0.790. The molecule has 0 spiro atoms. The minimum absolute atomic E-state index is 0.0103. The molecule has 0 aliphatic carbocycles. The highest BCUT2D eigenvalue weighted by molar-refractivity contribution is 7.53. The van der Waals surface area contributed by atoms with Crippen LogP contribution in [0.4, 0.5) is 5.82 Å². The lowest BCUT2D eigenvalue weighted by Gasteiger charge is -2.25. The molecule has 38 heavy (non-hydrogen) atoms. The molecule has 212 valence electrons. The van der Waals surface area contributed by atoms with Crippen LogP contribution >= 0.6 is 15.4 Å². The van der Waals surface area contributed by atoms with E-state index in [2.05, 4.69) is 15.0 Å². The number of nitrogens with zero attached hydrogens (tertiary/aromatic N) is 5. The normalized spacial score (nSPS) is 29.1. The number of carbonyl (C=O) groups is 1. The van der Waals surface area contributed by atoms with Crippen LogP contribution in [-0.2, 0) is 32.2 Å². The van der Waals surface area contributed by atoms with E-state index in [4.69, 9.17) is 24.0 Å². The molecular weight excluding hydrogens is 546 g/mol. The summed E-state index contributed by atoms with van der Waals surface area (Å²) < 4.78 is 48.6. The fourth-order valence-electron chi connectivity index (χ4n) is 4.36. The van der Waals surface area contributed by atoms with Gasteiger partial charge in [-0.2, -0.15) is 0 Å². The van der Waals surface area contributed by atoms with E-state index in [1.165, 1.54) is 38.3 Å². The Hall–Kier alpha value is -2.00. The van der Waals surface area contributed by atoms with Gasteiger partial charge in [-0.05, 0) is 6.42 Å².